The van der Waals surface area contributed by atoms with Gasteiger partial charge in [-0.15, -0.1) is 5.06 Å². The smallest absolute Gasteiger partial charge is 0.341 e. The third kappa shape index (κ3) is 5.36. The molecule has 0 spiro atoms. The van der Waals surface area contributed by atoms with Crippen molar-refractivity contribution in [3.8, 4) is 5.75 Å². The lowest BCUT2D eigenvalue weighted by Gasteiger charge is -2.38. The van der Waals surface area contributed by atoms with E-state index in [9.17, 15) is 24.6 Å². The third-order valence-corrected chi connectivity index (χ3v) is 5.52. The fraction of sp³-hybridized carbons (Fsp3) is 0.208. The first kappa shape index (κ1) is 25.9. The number of rotatable bonds is 7. The van der Waals surface area contributed by atoms with Crippen molar-refractivity contribution < 1.29 is 29.4 Å². The van der Waals surface area contributed by atoms with Gasteiger partial charge in [0.2, 0.25) is 5.54 Å². The maximum atomic E-state index is 13.2. The molecule has 0 saturated heterocycles. The van der Waals surface area contributed by atoms with Crippen LogP contribution in [0.1, 0.15) is 20.3 Å². The van der Waals surface area contributed by atoms with E-state index in [0.717, 1.165) is 11.0 Å². The number of carboxylic acids is 1. The Morgan fingerprint density at radius 1 is 1.11 bits per heavy atom. The summed E-state index contributed by atoms with van der Waals surface area (Å²) < 4.78 is 0. The fourth-order valence-corrected chi connectivity index (χ4v) is 3.99. The molecule has 0 heterocycles. The summed E-state index contributed by atoms with van der Waals surface area (Å²) >= 11 is 12.2. The molecule has 2 aromatic rings. The Morgan fingerprint density at radius 3 is 2.29 bits per heavy atom. The summed E-state index contributed by atoms with van der Waals surface area (Å²) in [7, 11) is 0. The minimum atomic E-state index is -2.15. The summed E-state index contributed by atoms with van der Waals surface area (Å²) in [5.74, 6) is -3.14. The van der Waals surface area contributed by atoms with Gasteiger partial charge in [0.15, 0.2) is 5.75 Å². The molecule has 4 N–H and O–H groups in total. The first-order valence-corrected chi connectivity index (χ1v) is 11.2. The summed E-state index contributed by atoms with van der Waals surface area (Å²) in [5.41, 5.74) is 3.83. The van der Waals surface area contributed by atoms with Gasteiger partial charge in [-0.2, -0.15) is 0 Å². The molecule has 0 aromatic heterocycles. The second-order valence-corrected chi connectivity index (χ2v) is 8.89. The molecule has 3 rings (SSSR count). The first-order chi connectivity index (χ1) is 16.5. The standard InChI is InChI=1S/C24H23Cl2N3O6/c1-14(2)21(31)29(24(22(32)33)9-5-6-18(30)13-24)35-20-8-4-3-7-19(20)28(23(27)34)17-11-15(25)10-16(26)12-17/h3-5,7-14,30H,6H2,1-2H3,(H2,27,34)(H,32,33). The molecule has 1 aliphatic rings. The van der Waals surface area contributed by atoms with E-state index < -0.39 is 29.4 Å². The van der Waals surface area contributed by atoms with Crippen molar-refractivity contribution in [1.29, 1.82) is 0 Å². The van der Waals surface area contributed by atoms with Gasteiger partial charge < -0.3 is 20.8 Å². The molecule has 0 bridgehead atoms. The molecular weight excluding hydrogens is 497 g/mol. The summed E-state index contributed by atoms with van der Waals surface area (Å²) in [4.78, 5) is 45.1. The van der Waals surface area contributed by atoms with Crippen LogP contribution in [0.3, 0.4) is 0 Å². The van der Waals surface area contributed by atoms with Gasteiger partial charge in [-0.1, -0.05) is 55.3 Å². The average molecular weight is 520 g/mol. The summed E-state index contributed by atoms with van der Waals surface area (Å²) in [6.07, 6.45) is 3.80. The van der Waals surface area contributed by atoms with Crippen molar-refractivity contribution in [1.82, 2.24) is 5.06 Å². The van der Waals surface area contributed by atoms with Gasteiger partial charge in [-0.05, 0) is 42.5 Å². The Morgan fingerprint density at radius 2 is 1.74 bits per heavy atom. The molecule has 1 atom stereocenters. The van der Waals surface area contributed by atoms with Gasteiger partial charge in [0, 0.05) is 22.4 Å². The number of aliphatic hydroxyl groups excluding tert-OH is 1. The van der Waals surface area contributed by atoms with Gasteiger partial charge in [-0.3, -0.25) is 9.69 Å². The van der Waals surface area contributed by atoms with Gasteiger partial charge >= 0.3 is 12.0 Å². The molecule has 2 aromatic carbocycles. The van der Waals surface area contributed by atoms with E-state index in [1.54, 1.807) is 26.0 Å². The van der Waals surface area contributed by atoms with Gasteiger partial charge in [0.25, 0.3) is 5.91 Å². The second kappa shape index (κ2) is 10.3. The normalized spacial score (nSPS) is 17.0. The number of carbonyl (C=O) groups is 3. The van der Waals surface area contributed by atoms with Crippen LogP contribution in [0.25, 0.3) is 0 Å². The zero-order valence-electron chi connectivity index (χ0n) is 18.8. The van der Waals surface area contributed by atoms with Gasteiger partial charge in [-0.25, -0.2) is 9.59 Å². The first-order valence-electron chi connectivity index (χ1n) is 10.4. The molecule has 9 nitrogen and oxygen atoms in total. The Kier molecular flexibility index (Phi) is 7.62. The van der Waals surface area contributed by atoms with Crippen molar-refractivity contribution >= 4 is 52.5 Å². The number of primary amides is 1. The van der Waals surface area contributed by atoms with E-state index in [2.05, 4.69) is 0 Å². The number of urea groups is 1. The summed E-state index contributed by atoms with van der Waals surface area (Å²) in [6.45, 7) is 3.14. The third-order valence-electron chi connectivity index (χ3n) is 5.08. The Balaban J connectivity index is 2.18. The number of nitrogens with two attached hydrogens (primary N) is 1. The number of carbonyl (C=O) groups excluding carboxylic acids is 2. The topological polar surface area (TPSA) is 133 Å². The van der Waals surface area contributed by atoms with E-state index in [-0.39, 0.29) is 39.3 Å². The van der Waals surface area contributed by atoms with Crippen LogP contribution >= 0.6 is 23.2 Å². The number of nitrogens with zero attached hydrogens (tertiary/aromatic N) is 2. The number of benzene rings is 2. The zero-order valence-corrected chi connectivity index (χ0v) is 20.3. The highest BCUT2D eigenvalue weighted by molar-refractivity contribution is 6.35. The number of halogens is 2. The van der Waals surface area contributed by atoms with Crippen LogP contribution in [0, 0.1) is 5.92 Å². The van der Waals surface area contributed by atoms with E-state index >= 15 is 0 Å². The number of allylic oxidation sites excluding steroid dienone is 1. The molecule has 0 radical (unpaired) electrons. The Labute approximate surface area is 211 Å². The van der Waals surface area contributed by atoms with E-state index in [1.807, 2.05) is 0 Å². The number of amides is 3. The van der Waals surface area contributed by atoms with Crippen molar-refractivity contribution in [3.05, 3.63) is 76.5 Å². The zero-order chi connectivity index (χ0) is 25.9. The van der Waals surface area contributed by atoms with E-state index in [4.69, 9.17) is 33.8 Å². The monoisotopic (exact) mass is 519 g/mol. The summed E-state index contributed by atoms with van der Waals surface area (Å²) in [5, 5.41) is 21.3. The molecule has 35 heavy (non-hydrogen) atoms. The molecule has 184 valence electrons. The predicted molar refractivity (Wildman–Crippen MR) is 132 cm³/mol. The Bertz CT molecular complexity index is 1210. The molecule has 0 saturated carbocycles. The lowest BCUT2D eigenvalue weighted by molar-refractivity contribution is -0.185. The minimum Gasteiger partial charge on any atom is -0.512 e. The van der Waals surface area contributed by atoms with Crippen LogP contribution in [0.15, 0.2) is 66.5 Å². The maximum absolute atomic E-state index is 13.2. The van der Waals surface area contributed by atoms with Crippen LogP contribution in [0.4, 0.5) is 16.2 Å². The van der Waals surface area contributed by atoms with Crippen LogP contribution in [-0.2, 0) is 9.59 Å². The average Bonchev–Trinajstić information content (AvgIpc) is 2.77. The number of carboxylic acid groups (broad SMARTS) is 1. The highest BCUT2D eigenvalue weighted by Gasteiger charge is 2.48. The van der Waals surface area contributed by atoms with Crippen LogP contribution in [0.5, 0.6) is 5.75 Å². The van der Waals surface area contributed by atoms with E-state index in [0.29, 0.717) is 5.06 Å². The maximum Gasteiger partial charge on any atom is 0.341 e. The number of aliphatic hydroxyl groups is 1. The predicted octanol–water partition coefficient (Wildman–Crippen LogP) is 5.21. The van der Waals surface area contributed by atoms with Crippen molar-refractivity contribution in [3.63, 3.8) is 0 Å². The van der Waals surface area contributed by atoms with Crippen LogP contribution < -0.4 is 15.5 Å². The molecule has 0 fully saturated rings. The van der Waals surface area contributed by atoms with Gasteiger partial charge in [0.05, 0.1) is 17.1 Å². The highest BCUT2D eigenvalue weighted by atomic mass is 35.5. The number of hydrogen-bond acceptors (Lipinski definition) is 5. The number of aliphatic carboxylic acids is 1. The molecule has 0 aliphatic heterocycles. The van der Waals surface area contributed by atoms with E-state index in [1.165, 1.54) is 42.5 Å². The van der Waals surface area contributed by atoms with Crippen molar-refractivity contribution in [2.75, 3.05) is 4.90 Å². The number of anilines is 2. The van der Waals surface area contributed by atoms with Crippen LogP contribution in [-0.4, -0.2) is 38.7 Å². The number of hydrogen-bond donors (Lipinski definition) is 3. The molecule has 1 unspecified atom stereocenters. The highest BCUT2D eigenvalue weighted by Crippen LogP contribution is 2.38. The second-order valence-electron chi connectivity index (χ2n) is 8.02. The van der Waals surface area contributed by atoms with Crippen molar-refractivity contribution in [2.45, 2.75) is 25.8 Å². The van der Waals surface area contributed by atoms with Crippen molar-refractivity contribution in [2.24, 2.45) is 11.7 Å². The number of hydroxylamine groups is 2. The quantitative estimate of drug-likeness (QED) is 0.339. The molecule has 1 aliphatic carbocycles. The minimum absolute atomic E-state index is 0.0658. The molecular formula is C24H23Cl2N3O6. The molecule has 3 amide bonds. The van der Waals surface area contributed by atoms with Crippen LogP contribution in [0.2, 0.25) is 10.0 Å². The largest absolute Gasteiger partial charge is 0.512 e. The number of para-hydroxylation sites is 2. The SMILES string of the molecule is CC(C)C(=O)N(Oc1ccccc1N(C(N)=O)c1cc(Cl)cc(Cl)c1)C1(C(=O)O)C=CCC(O)=C1. The fourth-order valence-electron chi connectivity index (χ4n) is 3.47. The van der Waals surface area contributed by atoms with Gasteiger partial charge in [0.1, 0.15) is 0 Å². The molecule has 11 heteroatoms. The lowest BCUT2D eigenvalue weighted by atomic mass is 9.91. The lowest BCUT2D eigenvalue weighted by Crippen LogP contribution is -2.58. The summed E-state index contributed by atoms with van der Waals surface area (Å²) in [6, 6.07) is 9.56. The Hall–Kier alpha value is -3.69.